The summed E-state index contributed by atoms with van der Waals surface area (Å²) in [5.74, 6) is -0.103. The van der Waals surface area contributed by atoms with E-state index < -0.39 is 5.91 Å². The maximum Gasteiger partial charge on any atom is 0.255 e. The zero-order valence-corrected chi connectivity index (χ0v) is 14.4. The smallest absolute Gasteiger partial charge is 0.255 e. The Morgan fingerprint density at radius 3 is 3.00 bits per heavy atom. The number of thioether (sulfide) groups is 1. The molecular formula is C14H15N5O3S2. The molecule has 0 atom stereocenters. The minimum Gasteiger partial charge on any atom is -0.484 e. The first-order chi connectivity index (χ1) is 11.5. The minimum atomic E-state index is -0.551. The third-order valence-electron chi connectivity index (χ3n) is 2.48. The Kier molecular flexibility index (Phi) is 6.70. The van der Waals surface area contributed by atoms with Crippen LogP contribution in [0.25, 0.3) is 0 Å². The maximum atomic E-state index is 11.7. The van der Waals surface area contributed by atoms with Crippen molar-refractivity contribution in [2.75, 3.05) is 12.4 Å². The van der Waals surface area contributed by atoms with E-state index in [2.05, 4.69) is 20.7 Å². The summed E-state index contributed by atoms with van der Waals surface area (Å²) in [5.41, 5.74) is 8.16. The molecule has 0 spiro atoms. The first-order valence-corrected chi connectivity index (χ1v) is 8.59. The van der Waals surface area contributed by atoms with Crippen molar-refractivity contribution >= 4 is 41.1 Å². The van der Waals surface area contributed by atoms with Gasteiger partial charge >= 0.3 is 0 Å². The molecule has 0 bridgehead atoms. The summed E-state index contributed by atoms with van der Waals surface area (Å²) in [6.45, 7) is 1.66. The van der Waals surface area contributed by atoms with Crippen molar-refractivity contribution in [3.63, 3.8) is 0 Å². The van der Waals surface area contributed by atoms with E-state index in [9.17, 15) is 9.59 Å². The largest absolute Gasteiger partial charge is 0.484 e. The van der Waals surface area contributed by atoms with Crippen molar-refractivity contribution in [3.05, 3.63) is 34.8 Å². The fraction of sp³-hybridized carbons (Fsp3) is 0.214. The van der Waals surface area contributed by atoms with Crippen molar-refractivity contribution in [3.8, 4) is 5.75 Å². The highest BCUT2D eigenvalue weighted by atomic mass is 32.2. The molecule has 1 heterocycles. The van der Waals surface area contributed by atoms with Crippen molar-refractivity contribution in [1.29, 1.82) is 0 Å². The van der Waals surface area contributed by atoms with Gasteiger partial charge in [0.2, 0.25) is 0 Å². The van der Waals surface area contributed by atoms with E-state index in [1.54, 1.807) is 24.3 Å². The Balaban J connectivity index is 1.79. The number of carbonyl (C=O) groups excluding carboxylic acids is 2. The first kappa shape index (κ1) is 17.9. The zero-order chi connectivity index (χ0) is 17.4. The lowest BCUT2D eigenvalue weighted by Gasteiger charge is -2.03. The molecule has 2 rings (SSSR count). The number of benzene rings is 1. The molecule has 8 nitrogen and oxygen atoms in total. The van der Waals surface area contributed by atoms with E-state index in [1.165, 1.54) is 29.3 Å². The molecule has 0 fully saturated rings. The third kappa shape index (κ3) is 6.34. The molecule has 10 heteroatoms. The molecule has 126 valence electrons. The number of rotatable bonds is 8. The van der Waals surface area contributed by atoms with Crippen LogP contribution in [0.5, 0.6) is 5.75 Å². The molecule has 0 radical (unpaired) electrons. The van der Waals surface area contributed by atoms with Crippen LogP contribution in [-0.4, -0.2) is 40.6 Å². The normalized spacial score (nSPS) is 10.7. The van der Waals surface area contributed by atoms with Crippen LogP contribution in [-0.2, 0) is 9.59 Å². The van der Waals surface area contributed by atoms with Crippen LogP contribution in [0.1, 0.15) is 10.6 Å². The summed E-state index contributed by atoms with van der Waals surface area (Å²) in [4.78, 5) is 22.4. The summed E-state index contributed by atoms with van der Waals surface area (Å²) in [7, 11) is 0. The van der Waals surface area contributed by atoms with Crippen LogP contribution in [0.3, 0.4) is 0 Å². The number of ether oxygens (including phenoxy) is 1. The van der Waals surface area contributed by atoms with Gasteiger partial charge in [0.15, 0.2) is 10.9 Å². The second-order valence-corrected chi connectivity index (χ2v) is 6.90. The van der Waals surface area contributed by atoms with Crippen LogP contribution in [0.2, 0.25) is 0 Å². The van der Waals surface area contributed by atoms with Gasteiger partial charge in [-0.2, -0.15) is 5.10 Å². The number of hydrogen-bond donors (Lipinski definition) is 2. The topological polar surface area (TPSA) is 120 Å². The van der Waals surface area contributed by atoms with Gasteiger partial charge < -0.3 is 10.5 Å². The summed E-state index contributed by atoms with van der Waals surface area (Å²) in [5, 5.41) is 12.5. The quantitative estimate of drug-likeness (QED) is 0.408. The number of nitrogens with one attached hydrogen (secondary N) is 1. The standard InChI is InChI=1S/C14H15N5O3S2/c1-9-17-19-14(24-9)23-8-13(21)18-16-6-10-3-2-4-11(5-10)22-7-12(15)20/h2-6H,7-8H2,1H3,(H2,15,20)(H,18,21). The number of aryl methyl sites for hydroxylation is 1. The molecule has 1 aromatic carbocycles. The summed E-state index contributed by atoms with van der Waals surface area (Å²) >= 11 is 2.74. The molecule has 2 aromatic rings. The van der Waals surface area contributed by atoms with Gasteiger partial charge in [-0.3, -0.25) is 9.59 Å². The minimum absolute atomic E-state index is 0.195. The zero-order valence-electron chi connectivity index (χ0n) is 12.8. The molecule has 0 unspecified atom stereocenters. The first-order valence-electron chi connectivity index (χ1n) is 6.79. The Bertz CT molecular complexity index is 748. The Morgan fingerprint density at radius 2 is 2.29 bits per heavy atom. The van der Waals surface area contributed by atoms with Crippen LogP contribution >= 0.6 is 23.1 Å². The van der Waals surface area contributed by atoms with Crippen LogP contribution < -0.4 is 15.9 Å². The Labute approximate surface area is 146 Å². The number of hydrogen-bond acceptors (Lipinski definition) is 8. The van der Waals surface area contributed by atoms with E-state index in [4.69, 9.17) is 10.5 Å². The second kappa shape index (κ2) is 8.99. The average molecular weight is 365 g/mol. The predicted molar refractivity (Wildman–Crippen MR) is 92.2 cm³/mol. The number of amides is 2. The number of carbonyl (C=O) groups is 2. The van der Waals surface area contributed by atoms with Crippen molar-refractivity contribution in [2.24, 2.45) is 10.8 Å². The summed E-state index contributed by atoms with van der Waals surface area (Å²) in [6, 6.07) is 6.90. The van der Waals surface area contributed by atoms with Crippen molar-refractivity contribution < 1.29 is 14.3 Å². The summed E-state index contributed by atoms with van der Waals surface area (Å²) < 4.78 is 5.93. The lowest BCUT2D eigenvalue weighted by molar-refractivity contribution is -0.120. The molecule has 0 aliphatic carbocycles. The molecule has 1 aromatic heterocycles. The number of primary amides is 1. The molecule has 0 saturated heterocycles. The highest BCUT2D eigenvalue weighted by molar-refractivity contribution is 8.01. The van der Waals surface area contributed by atoms with Crippen LogP contribution in [0.15, 0.2) is 33.7 Å². The van der Waals surface area contributed by atoms with Gasteiger partial charge in [0.05, 0.1) is 12.0 Å². The maximum absolute atomic E-state index is 11.7. The summed E-state index contributed by atoms with van der Waals surface area (Å²) in [6.07, 6.45) is 1.48. The molecule has 0 saturated carbocycles. The van der Waals surface area contributed by atoms with Gasteiger partial charge in [-0.1, -0.05) is 35.2 Å². The molecule has 0 aliphatic rings. The number of aromatic nitrogens is 2. The molecular weight excluding hydrogens is 350 g/mol. The van der Waals surface area contributed by atoms with Crippen molar-refractivity contribution in [1.82, 2.24) is 15.6 Å². The van der Waals surface area contributed by atoms with Gasteiger partial charge in [0.1, 0.15) is 10.8 Å². The predicted octanol–water partition coefficient (Wildman–Crippen LogP) is 0.953. The van der Waals surface area contributed by atoms with Gasteiger partial charge in [0.25, 0.3) is 11.8 Å². The highest BCUT2D eigenvalue weighted by Crippen LogP contribution is 2.21. The fourth-order valence-corrected chi connectivity index (χ4v) is 3.12. The molecule has 2 amide bonds. The van der Waals surface area contributed by atoms with Crippen LogP contribution in [0, 0.1) is 6.92 Å². The highest BCUT2D eigenvalue weighted by Gasteiger charge is 2.05. The van der Waals surface area contributed by atoms with E-state index in [0.29, 0.717) is 11.3 Å². The molecule has 24 heavy (non-hydrogen) atoms. The monoisotopic (exact) mass is 365 g/mol. The SMILES string of the molecule is Cc1nnc(SCC(=O)NN=Cc2cccc(OCC(N)=O)c2)s1. The van der Waals surface area contributed by atoms with E-state index >= 15 is 0 Å². The van der Waals surface area contributed by atoms with Gasteiger partial charge in [-0.05, 0) is 24.6 Å². The fourth-order valence-electron chi connectivity index (χ4n) is 1.51. The van der Waals surface area contributed by atoms with Crippen LogP contribution in [0.4, 0.5) is 0 Å². The number of nitrogens with two attached hydrogens (primary N) is 1. The average Bonchev–Trinajstić information content (AvgIpc) is 2.97. The molecule has 0 aliphatic heterocycles. The van der Waals surface area contributed by atoms with Gasteiger partial charge in [-0.25, -0.2) is 5.43 Å². The van der Waals surface area contributed by atoms with E-state index in [-0.39, 0.29) is 18.3 Å². The van der Waals surface area contributed by atoms with Gasteiger partial charge in [0, 0.05) is 0 Å². The van der Waals surface area contributed by atoms with Crippen molar-refractivity contribution in [2.45, 2.75) is 11.3 Å². The third-order valence-corrected chi connectivity index (χ3v) is 4.45. The molecule has 3 N–H and O–H groups in total. The second-order valence-electron chi connectivity index (χ2n) is 4.50. The van der Waals surface area contributed by atoms with Gasteiger partial charge in [-0.15, -0.1) is 10.2 Å². The number of nitrogens with zero attached hydrogens (tertiary/aromatic N) is 3. The Morgan fingerprint density at radius 1 is 1.46 bits per heavy atom. The Hall–Kier alpha value is -2.46. The van der Waals surface area contributed by atoms with E-state index in [1.807, 2.05) is 6.92 Å². The lowest BCUT2D eigenvalue weighted by Crippen LogP contribution is -2.20. The lowest BCUT2D eigenvalue weighted by atomic mass is 10.2. The van der Waals surface area contributed by atoms with E-state index in [0.717, 1.165) is 9.35 Å². The number of hydrazone groups is 1.